The molecule has 2 aliphatic rings. The molecule has 1 spiro atoms. The molecule has 0 amide bonds. The van der Waals surface area contributed by atoms with E-state index in [0.717, 1.165) is 0 Å². The molecule has 1 aliphatic carbocycles. The maximum Gasteiger partial charge on any atom is 0.0584 e. The molecule has 1 N–H and O–H groups in total. The number of hydrogen-bond donors (Lipinski definition) is 1. The summed E-state index contributed by atoms with van der Waals surface area (Å²) in [7, 11) is 0. The molecule has 2 fully saturated rings. The predicted octanol–water partition coefficient (Wildman–Crippen LogP) is 1.63. The molecular weight excluding hydrogens is 162 g/mol. The van der Waals surface area contributed by atoms with Crippen LogP contribution in [-0.2, 0) is 0 Å². The SMILES string of the molecule is C[C@H](CO)N1CC2(CCCCC2)C1. The molecule has 0 aromatic heterocycles. The summed E-state index contributed by atoms with van der Waals surface area (Å²) in [6.45, 7) is 4.93. The number of aliphatic hydroxyl groups is 1. The molecular formula is C11H21NO. The van der Waals surface area contributed by atoms with Gasteiger partial charge in [0.2, 0.25) is 0 Å². The Bertz CT molecular complexity index is 167. The van der Waals surface area contributed by atoms with Crippen molar-refractivity contribution >= 4 is 0 Å². The minimum atomic E-state index is 0.316. The van der Waals surface area contributed by atoms with E-state index in [9.17, 15) is 0 Å². The Labute approximate surface area is 80.9 Å². The molecule has 13 heavy (non-hydrogen) atoms. The highest BCUT2D eigenvalue weighted by molar-refractivity contribution is 4.97. The van der Waals surface area contributed by atoms with Gasteiger partial charge in [0, 0.05) is 19.1 Å². The van der Waals surface area contributed by atoms with Crippen molar-refractivity contribution < 1.29 is 5.11 Å². The van der Waals surface area contributed by atoms with Crippen molar-refractivity contribution in [2.45, 2.75) is 45.1 Å². The Morgan fingerprint density at radius 1 is 1.23 bits per heavy atom. The van der Waals surface area contributed by atoms with E-state index < -0.39 is 0 Å². The Balaban J connectivity index is 1.81. The lowest BCUT2D eigenvalue weighted by Gasteiger charge is -2.54. The van der Waals surface area contributed by atoms with Crippen LogP contribution in [0.15, 0.2) is 0 Å². The van der Waals surface area contributed by atoms with Gasteiger partial charge in [0.25, 0.3) is 0 Å². The maximum absolute atomic E-state index is 9.02. The first-order valence-electron chi connectivity index (χ1n) is 5.61. The molecule has 1 atom stereocenters. The Hall–Kier alpha value is -0.0800. The van der Waals surface area contributed by atoms with E-state index in [1.165, 1.54) is 45.2 Å². The van der Waals surface area contributed by atoms with Crippen LogP contribution in [0.3, 0.4) is 0 Å². The Morgan fingerprint density at radius 3 is 2.38 bits per heavy atom. The highest BCUT2D eigenvalue weighted by atomic mass is 16.3. The van der Waals surface area contributed by atoms with Gasteiger partial charge >= 0.3 is 0 Å². The van der Waals surface area contributed by atoms with Crippen LogP contribution in [0.4, 0.5) is 0 Å². The highest BCUT2D eigenvalue weighted by Crippen LogP contribution is 2.44. The Morgan fingerprint density at radius 2 is 1.85 bits per heavy atom. The zero-order valence-corrected chi connectivity index (χ0v) is 8.63. The van der Waals surface area contributed by atoms with Crippen LogP contribution < -0.4 is 0 Å². The average molecular weight is 183 g/mol. The molecule has 1 heterocycles. The molecule has 2 heteroatoms. The monoisotopic (exact) mass is 183 g/mol. The van der Waals surface area contributed by atoms with E-state index in [1.807, 2.05) is 0 Å². The summed E-state index contributed by atoms with van der Waals surface area (Å²) in [4.78, 5) is 2.42. The topological polar surface area (TPSA) is 23.5 Å². The summed E-state index contributed by atoms with van der Waals surface area (Å²) in [5.41, 5.74) is 0.668. The van der Waals surface area contributed by atoms with Crippen molar-refractivity contribution in [2.24, 2.45) is 5.41 Å². The molecule has 76 valence electrons. The molecule has 1 saturated carbocycles. The number of aliphatic hydroxyl groups excluding tert-OH is 1. The van der Waals surface area contributed by atoms with Crippen molar-refractivity contribution in [3.63, 3.8) is 0 Å². The molecule has 0 unspecified atom stereocenters. The third kappa shape index (κ3) is 1.75. The summed E-state index contributed by atoms with van der Waals surface area (Å²) in [5, 5.41) is 9.02. The third-order valence-electron chi connectivity index (χ3n) is 3.88. The second kappa shape index (κ2) is 3.58. The average Bonchev–Trinajstić information content (AvgIpc) is 2.14. The Kier molecular flexibility index (Phi) is 2.61. The molecule has 2 rings (SSSR count). The second-order valence-electron chi connectivity index (χ2n) is 5.00. The quantitative estimate of drug-likeness (QED) is 0.703. The van der Waals surface area contributed by atoms with Gasteiger partial charge in [0.05, 0.1) is 6.61 Å². The van der Waals surface area contributed by atoms with Gasteiger partial charge < -0.3 is 5.11 Å². The van der Waals surface area contributed by atoms with E-state index in [4.69, 9.17) is 5.11 Å². The molecule has 0 bridgehead atoms. The van der Waals surface area contributed by atoms with Crippen LogP contribution in [0.2, 0.25) is 0 Å². The standard InChI is InChI=1S/C11H21NO/c1-10(7-13)12-8-11(9-12)5-3-2-4-6-11/h10,13H,2-9H2,1H3/t10-/m1/s1. The summed E-state index contributed by atoms with van der Waals surface area (Å²) < 4.78 is 0. The van der Waals surface area contributed by atoms with Gasteiger partial charge in [-0.15, -0.1) is 0 Å². The number of hydrogen-bond acceptors (Lipinski definition) is 2. The second-order valence-corrected chi connectivity index (χ2v) is 5.00. The molecule has 1 aliphatic heterocycles. The van der Waals surface area contributed by atoms with Gasteiger partial charge in [-0.05, 0) is 25.2 Å². The van der Waals surface area contributed by atoms with Crippen LogP contribution in [0, 0.1) is 5.41 Å². The maximum atomic E-state index is 9.02. The highest BCUT2D eigenvalue weighted by Gasteiger charge is 2.44. The van der Waals surface area contributed by atoms with E-state index >= 15 is 0 Å². The minimum Gasteiger partial charge on any atom is -0.395 e. The van der Waals surface area contributed by atoms with Gasteiger partial charge in [-0.1, -0.05) is 19.3 Å². The van der Waals surface area contributed by atoms with Crippen molar-refractivity contribution in [1.29, 1.82) is 0 Å². The van der Waals surface area contributed by atoms with Gasteiger partial charge in [-0.25, -0.2) is 0 Å². The van der Waals surface area contributed by atoms with Crippen LogP contribution in [0.25, 0.3) is 0 Å². The summed E-state index contributed by atoms with van der Waals surface area (Å²) in [6, 6.07) is 0.382. The number of rotatable bonds is 2. The van der Waals surface area contributed by atoms with Crippen LogP contribution in [0.5, 0.6) is 0 Å². The lowest BCUT2D eigenvalue weighted by molar-refractivity contribution is -0.0614. The van der Waals surface area contributed by atoms with E-state index in [1.54, 1.807) is 0 Å². The van der Waals surface area contributed by atoms with Crippen LogP contribution in [-0.4, -0.2) is 35.7 Å². The lowest BCUT2D eigenvalue weighted by atomic mass is 9.68. The first-order valence-corrected chi connectivity index (χ1v) is 5.61. The van der Waals surface area contributed by atoms with Gasteiger partial charge in [0.1, 0.15) is 0 Å². The fourth-order valence-electron chi connectivity index (χ4n) is 2.86. The minimum absolute atomic E-state index is 0.316. The summed E-state index contributed by atoms with van der Waals surface area (Å²) in [6.07, 6.45) is 7.17. The van der Waals surface area contributed by atoms with Crippen molar-refractivity contribution in [1.82, 2.24) is 4.90 Å². The normalized spacial score (nSPS) is 30.0. The van der Waals surface area contributed by atoms with Crippen LogP contribution >= 0.6 is 0 Å². The fourth-order valence-corrected chi connectivity index (χ4v) is 2.86. The van der Waals surface area contributed by atoms with Gasteiger partial charge in [-0.3, -0.25) is 4.90 Å². The van der Waals surface area contributed by atoms with Gasteiger partial charge in [0.15, 0.2) is 0 Å². The zero-order chi connectivity index (χ0) is 9.31. The largest absolute Gasteiger partial charge is 0.395 e. The number of nitrogens with zero attached hydrogens (tertiary/aromatic N) is 1. The lowest BCUT2D eigenvalue weighted by Crippen LogP contribution is -2.60. The van der Waals surface area contributed by atoms with Crippen molar-refractivity contribution in [3.05, 3.63) is 0 Å². The third-order valence-corrected chi connectivity index (χ3v) is 3.88. The summed E-state index contributed by atoms with van der Waals surface area (Å²) >= 11 is 0. The molecule has 0 aromatic carbocycles. The van der Waals surface area contributed by atoms with Crippen molar-refractivity contribution in [2.75, 3.05) is 19.7 Å². The fraction of sp³-hybridized carbons (Fsp3) is 1.00. The zero-order valence-electron chi connectivity index (χ0n) is 8.63. The van der Waals surface area contributed by atoms with Crippen LogP contribution in [0.1, 0.15) is 39.0 Å². The van der Waals surface area contributed by atoms with E-state index in [0.29, 0.717) is 18.1 Å². The molecule has 1 saturated heterocycles. The first kappa shape index (κ1) is 9.47. The molecule has 0 radical (unpaired) electrons. The number of likely N-dealkylation sites (tertiary alicyclic amines) is 1. The first-order chi connectivity index (χ1) is 6.26. The van der Waals surface area contributed by atoms with Gasteiger partial charge in [-0.2, -0.15) is 0 Å². The predicted molar refractivity (Wildman–Crippen MR) is 53.6 cm³/mol. The van der Waals surface area contributed by atoms with E-state index in [-0.39, 0.29) is 0 Å². The van der Waals surface area contributed by atoms with E-state index in [2.05, 4.69) is 11.8 Å². The molecule has 0 aromatic rings. The van der Waals surface area contributed by atoms with Crippen molar-refractivity contribution in [3.8, 4) is 0 Å². The summed E-state index contributed by atoms with van der Waals surface area (Å²) in [5.74, 6) is 0. The molecule has 2 nitrogen and oxygen atoms in total. The smallest absolute Gasteiger partial charge is 0.0584 e.